The van der Waals surface area contributed by atoms with Crippen molar-refractivity contribution in [3.05, 3.63) is 84.1 Å². The van der Waals surface area contributed by atoms with Crippen LogP contribution in [0.2, 0.25) is 0 Å². The summed E-state index contributed by atoms with van der Waals surface area (Å²) in [5.74, 6) is 0. The smallest absolute Gasteiger partial charge is 0.0198 e. The van der Waals surface area contributed by atoms with Crippen molar-refractivity contribution in [1.82, 2.24) is 0 Å². The van der Waals surface area contributed by atoms with Crippen LogP contribution in [-0.2, 0) is 0 Å². The molecule has 0 aliphatic rings. The maximum Gasteiger partial charge on any atom is -0.0198 e. The SMILES string of the molecule is C=C/C=C\C(=C(C)C)/C(C)=C(/C=C\C=C)C(=C)C. The lowest BCUT2D eigenvalue weighted by atomic mass is 9.93. The van der Waals surface area contributed by atoms with Gasteiger partial charge in [0.05, 0.1) is 0 Å². The van der Waals surface area contributed by atoms with Gasteiger partial charge in [0.1, 0.15) is 0 Å². The van der Waals surface area contributed by atoms with E-state index in [0.29, 0.717) is 0 Å². The van der Waals surface area contributed by atoms with E-state index in [1.165, 1.54) is 16.7 Å². The van der Waals surface area contributed by atoms with Gasteiger partial charge in [-0.1, -0.05) is 67.3 Å². The monoisotopic (exact) mass is 240 g/mol. The fraction of sp³-hybridized carbons (Fsp3) is 0.222. The Balaban J connectivity index is 5.82. The van der Waals surface area contributed by atoms with Crippen molar-refractivity contribution in [2.45, 2.75) is 27.7 Å². The summed E-state index contributed by atoms with van der Waals surface area (Å²) in [5, 5.41) is 0. The lowest BCUT2D eigenvalue weighted by Gasteiger charge is -2.12. The molecule has 0 bridgehead atoms. The number of hydrogen-bond acceptors (Lipinski definition) is 0. The lowest BCUT2D eigenvalue weighted by Crippen LogP contribution is -1.92. The van der Waals surface area contributed by atoms with Crippen molar-refractivity contribution >= 4 is 0 Å². The van der Waals surface area contributed by atoms with Crippen molar-refractivity contribution in [3.63, 3.8) is 0 Å². The van der Waals surface area contributed by atoms with Crippen LogP contribution in [0.4, 0.5) is 0 Å². The Kier molecular flexibility index (Phi) is 7.46. The van der Waals surface area contributed by atoms with Crippen molar-refractivity contribution in [1.29, 1.82) is 0 Å². The molecule has 0 atom stereocenters. The Morgan fingerprint density at radius 3 is 1.56 bits per heavy atom. The van der Waals surface area contributed by atoms with Gasteiger partial charge in [-0.25, -0.2) is 0 Å². The highest BCUT2D eigenvalue weighted by molar-refractivity contribution is 5.53. The van der Waals surface area contributed by atoms with E-state index in [1.54, 1.807) is 12.2 Å². The van der Waals surface area contributed by atoms with Crippen molar-refractivity contribution in [2.24, 2.45) is 0 Å². The third kappa shape index (κ3) is 5.01. The standard InChI is InChI=1S/C18H24/c1-8-10-12-17(14(3)4)16(7)18(15(5)6)13-11-9-2/h8-13H,1-3H2,4-7H3/b12-10-,13-11-,17-16-. The summed E-state index contributed by atoms with van der Waals surface area (Å²) in [6, 6.07) is 0. The van der Waals surface area contributed by atoms with Crippen LogP contribution in [0, 0.1) is 0 Å². The number of hydrogen-bond donors (Lipinski definition) is 0. The van der Waals surface area contributed by atoms with Crippen LogP contribution in [0.15, 0.2) is 84.1 Å². The molecule has 0 nitrogen and oxygen atoms in total. The largest absolute Gasteiger partial charge is 0.0991 e. The molecule has 0 aromatic rings. The van der Waals surface area contributed by atoms with E-state index in [4.69, 9.17) is 0 Å². The van der Waals surface area contributed by atoms with Crippen LogP contribution in [-0.4, -0.2) is 0 Å². The van der Waals surface area contributed by atoms with Gasteiger partial charge in [0.2, 0.25) is 0 Å². The minimum absolute atomic E-state index is 1.05. The van der Waals surface area contributed by atoms with Gasteiger partial charge < -0.3 is 0 Å². The number of rotatable bonds is 6. The topological polar surface area (TPSA) is 0 Å². The summed E-state index contributed by atoms with van der Waals surface area (Å²) in [6.45, 7) is 19.8. The van der Waals surface area contributed by atoms with Crippen LogP contribution in [0.5, 0.6) is 0 Å². The van der Waals surface area contributed by atoms with Gasteiger partial charge in [-0.05, 0) is 44.4 Å². The molecule has 0 aromatic heterocycles. The second kappa shape index (κ2) is 8.30. The molecular formula is C18H24. The van der Waals surface area contributed by atoms with Crippen molar-refractivity contribution < 1.29 is 0 Å². The first kappa shape index (κ1) is 16.2. The van der Waals surface area contributed by atoms with Crippen molar-refractivity contribution in [2.75, 3.05) is 0 Å². The van der Waals surface area contributed by atoms with E-state index in [0.717, 1.165) is 11.1 Å². The molecule has 0 amide bonds. The highest BCUT2D eigenvalue weighted by Gasteiger charge is 2.05. The number of allylic oxidation sites excluding steroid dienone is 11. The molecule has 0 radical (unpaired) electrons. The molecule has 96 valence electrons. The molecule has 18 heavy (non-hydrogen) atoms. The first-order chi connectivity index (χ1) is 8.45. The second-order valence-electron chi connectivity index (χ2n) is 4.42. The highest BCUT2D eigenvalue weighted by Crippen LogP contribution is 2.24. The van der Waals surface area contributed by atoms with E-state index in [9.17, 15) is 0 Å². The first-order valence-electron chi connectivity index (χ1n) is 6.08. The summed E-state index contributed by atoms with van der Waals surface area (Å²) in [4.78, 5) is 0. The average Bonchev–Trinajstić information content (AvgIpc) is 2.29. The lowest BCUT2D eigenvalue weighted by molar-refractivity contribution is 1.24. The van der Waals surface area contributed by atoms with Gasteiger partial charge >= 0.3 is 0 Å². The van der Waals surface area contributed by atoms with Gasteiger partial charge in [0.25, 0.3) is 0 Å². The molecule has 0 aliphatic heterocycles. The predicted molar refractivity (Wildman–Crippen MR) is 84.6 cm³/mol. The molecule has 0 spiro atoms. The second-order valence-corrected chi connectivity index (χ2v) is 4.42. The maximum atomic E-state index is 4.04. The molecule has 0 saturated heterocycles. The summed E-state index contributed by atoms with van der Waals surface area (Å²) in [5.41, 5.74) is 5.92. The zero-order valence-corrected chi connectivity index (χ0v) is 12.1. The minimum Gasteiger partial charge on any atom is -0.0991 e. The Labute approximate surface area is 112 Å². The molecule has 0 rings (SSSR count). The molecule has 0 aromatic carbocycles. The van der Waals surface area contributed by atoms with E-state index in [1.807, 2.05) is 19.1 Å². The zero-order chi connectivity index (χ0) is 14.1. The average molecular weight is 240 g/mol. The van der Waals surface area contributed by atoms with Crippen molar-refractivity contribution in [3.8, 4) is 0 Å². The molecule has 0 heteroatoms. The van der Waals surface area contributed by atoms with Crippen LogP contribution in [0.3, 0.4) is 0 Å². The fourth-order valence-corrected chi connectivity index (χ4v) is 1.73. The van der Waals surface area contributed by atoms with Gasteiger partial charge in [0.15, 0.2) is 0 Å². The predicted octanol–water partition coefficient (Wildman–Crippen LogP) is 5.70. The van der Waals surface area contributed by atoms with Crippen LogP contribution < -0.4 is 0 Å². The molecular weight excluding hydrogens is 216 g/mol. The van der Waals surface area contributed by atoms with Crippen LogP contribution >= 0.6 is 0 Å². The molecule has 0 unspecified atom stereocenters. The third-order valence-corrected chi connectivity index (χ3v) is 2.60. The van der Waals surface area contributed by atoms with E-state index in [-0.39, 0.29) is 0 Å². The Morgan fingerprint density at radius 2 is 1.22 bits per heavy atom. The van der Waals surface area contributed by atoms with Gasteiger partial charge in [-0.2, -0.15) is 0 Å². The quantitative estimate of drug-likeness (QED) is 0.522. The summed E-state index contributed by atoms with van der Waals surface area (Å²) in [6.07, 6.45) is 11.6. The Bertz CT molecular complexity index is 444. The van der Waals surface area contributed by atoms with E-state index < -0.39 is 0 Å². The Morgan fingerprint density at radius 1 is 0.778 bits per heavy atom. The maximum absolute atomic E-state index is 4.04. The molecule has 0 saturated carbocycles. The fourth-order valence-electron chi connectivity index (χ4n) is 1.73. The molecule has 0 heterocycles. The molecule has 0 fully saturated rings. The highest BCUT2D eigenvalue weighted by atomic mass is 14.1. The van der Waals surface area contributed by atoms with Gasteiger partial charge in [-0.3, -0.25) is 0 Å². The third-order valence-electron chi connectivity index (χ3n) is 2.60. The van der Waals surface area contributed by atoms with E-state index in [2.05, 4.69) is 52.7 Å². The minimum atomic E-state index is 1.05. The summed E-state index contributed by atoms with van der Waals surface area (Å²) >= 11 is 0. The van der Waals surface area contributed by atoms with Gasteiger partial charge in [0, 0.05) is 0 Å². The Hall–Kier alpha value is -1.82. The molecule has 0 N–H and O–H groups in total. The van der Waals surface area contributed by atoms with Crippen LogP contribution in [0.1, 0.15) is 27.7 Å². The first-order valence-corrected chi connectivity index (χ1v) is 6.08. The molecule has 0 aliphatic carbocycles. The van der Waals surface area contributed by atoms with E-state index >= 15 is 0 Å². The summed E-state index contributed by atoms with van der Waals surface area (Å²) in [7, 11) is 0. The van der Waals surface area contributed by atoms with Crippen LogP contribution in [0.25, 0.3) is 0 Å². The summed E-state index contributed by atoms with van der Waals surface area (Å²) < 4.78 is 0. The van der Waals surface area contributed by atoms with Gasteiger partial charge in [-0.15, -0.1) is 0 Å². The normalized spacial score (nSPS) is 12.4. The zero-order valence-electron chi connectivity index (χ0n) is 12.1.